The minimum atomic E-state index is -1.99. The Morgan fingerprint density at radius 2 is 1.32 bits per heavy atom. The molecule has 0 unspecified atom stereocenters. The lowest BCUT2D eigenvalue weighted by Gasteiger charge is -2.44. The van der Waals surface area contributed by atoms with Gasteiger partial charge in [0.05, 0.1) is 0 Å². The van der Waals surface area contributed by atoms with Crippen molar-refractivity contribution in [1.82, 2.24) is 0 Å². The van der Waals surface area contributed by atoms with Crippen molar-refractivity contribution in [3.8, 4) is 0 Å². The number of carbonyl (C=O) groups is 2. The fourth-order valence-corrected chi connectivity index (χ4v) is 2.88. The van der Waals surface area contributed by atoms with Crippen molar-refractivity contribution in [2.24, 2.45) is 0 Å². The van der Waals surface area contributed by atoms with Crippen LogP contribution in [0.2, 0.25) is 0 Å². The maximum Gasteiger partial charge on any atom is 0.335 e. The number of carboxylic acid groups (broad SMARTS) is 2. The quantitative estimate of drug-likeness (QED) is 0.214. The van der Waals surface area contributed by atoms with Gasteiger partial charge in [-0.1, -0.05) is 6.92 Å². The standard InChI is InChI=1S/C15H24O13/c1-2-3-25-14-8(20)6(18)9(11(28-14)13(23)24)26-15-7(19)4(16)5(17)10(27-15)12(21)22/h4-11,14-20H,2-3H2,1H3,(H,21,22)(H,23,24)/t4-,5-,6+,7-,8-,9-,10+,11+,14+,15+/m0/s1. The molecule has 2 aliphatic heterocycles. The molecule has 2 rings (SSSR count). The predicted octanol–water partition coefficient (Wildman–Crippen LogP) is -3.78. The van der Waals surface area contributed by atoms with E-state index in [4.69, 9.17) is 24.1 Å². The van der Waals surface area contributed by atoms with Gasteiger partial charge in [-0.25, -0.2) is 9.59 Å². The third-order valence-corrected chi connectivity index (χ3v) is 4.38. The molecule has 2 aliphatic rings. The second-order valence-electron chi connectivity index (χ2n) is 6.45. The summed E-state index contributed by atoms with van der Waals surface area (Å²) in [4.78, 5) is 22.6. The van der Waals surface area contributed by atoms with Crippen LogP contribution in [0.1, 0.15) is 13.3 Å². The summed E-state index contributed by atoms with van der Waals surface area (Å²) in [7, 11) is 0. The highest BCUT2D eigenvalue weighted by atomic mass is 16.7. The van der Waals surface area contributed by atoms with Crippen LogP contribution in [0.3, 0.4) is 0 Å². The van der Waals surface area contributed by atoms with E-state index in [0.717, 1.165) is 0 Å². The van der Waals surface area contributed by atoms with E-state index in [1.807, 2.05) is 0 Å². The zero-order valence-corrected chi connectivity index (χ0v) is 14.8. The molecule has 2 fully saturated rings. The van der Waals surface area contributed by atoms with Crippen LogP contribution >= 0.6 is 0 Å². The Bertz CT molecular complexity index is 556. The lowest BCUT2D eigenvalue weighted by molar-refractivity contribution is -0.350. The van der Waals surface area contributed by atoms with Gasteiger partial charge in [-0.05, 0) is 6.42 Å². The van der Waals surface area contributed by atoms with E-state index in [1.165, 1.54) is 0 Å². The zero-order chi connectivity index (χ0) is 21.2. The topological polar surface area (TPSA) is 213 Å². The highest BCUT2D eigenvalue weighted by Gasteiger charge is 2.53. The second-order valence-corrected chi connectivity index (χ2v) is 6.45. The van der Waals surface area contributed by atoms with E-state index in [2.05, 4.69) is 0 Å². The van der Waals surface area contributed by atoms with Crippen LogP contribution in [-0.2, 0) is 28.5 Å². The van der Waals surface area contributed by atoms with E-state index in [9.17, 15) is 40.2 Å². The molecular weight excluding hydrogens is 388 g/mol. The Morgan fingerprint density at radius 3 is 1.86 bits per heavy atom. The number of carboxylic acids is 2. The normalized spacial score (nSPS) is 44.2. The van der Waals surface area contributed by atoms with Crippen LogP contribution in [0.5, 0.6) is 0 Å². The molecule has 13 heteroatoms. The van der Waals surface area contributed by atoms with Gasteiger partial charge in [0.15, 0.2) is 24.8 Å². The summed E-state index contributed by atoms with van der Waals surface area (Å²) in [6.07, 6.45) is -18.1. The summed E-state index contributed by atoms with van der Waals surface area (Å²) in [6.45, 7) is 1.87. The Labute approximate surface area is 158 Å². The summed E-state index contributed by atoms with van der Waals surface area (Å²) >= 11 is 0. The van der Waals surface area contributed by atoms with Gasteiger partial charge in [0.1, 0.15) is 36.6 Å². The maximum atomic E-state index is 11.5. The fourth-order valence-electron chi connectivity index (χ4n) is 2.88. The van der Waals surface area contributed by atoms with Crippen molar-refractivity contribution in [3.63, 3.8) is 0 Å². The largest absolute Gasteiger partial charge is 0.479 e. The molecule has 0 spiro atoms. The van der Waals surface area contributed by atoms with Crippen molar-refractivity contribution < 1.29 is 64.3 Å². The molecular formula is C15H24O13. The lowest BCUT2D eigenvalue weighted by atomic mass is 9.96. The Morgan fingerprint density at radius 1 is 0.786 bits per heavy atom. The van der Waals surface area contributed by atoms with E-state index >= 15 is 0 Å². The van der Waals surface area contributed by atoms with Crippen molar-refractivity contribution >= 4 is 11.9 Å². The van der Waals surface area contributed by atoms with Crippen molar-refractivity contribution in [2.75, 3.05) is 6.61 Å². The van der Waals surface area contributed by atoms with Gasteiger partial charge in [-0.15, -0.1) is 0 Å². The van der Waals surface area contributed by atoms with Crippen LogP contribution in [0.25, 0.3) is 0 Å². The average Bonchev–Trinajstić information content (AvgIpc) is 2.64. The molecule has 162 valence electrons. The second kappa shape index (κ2) is 9.39. The SMILES string of the molecule is CCCO[C@@H]1O[C@@H](C(=O)O)[C@@H](O[C@@H]2O[C@@H](C(=O)O)[C@@H](O)[C@H](O)[C@@H]2O)[C@H](O)[C@@H]1O. The van der Waals surface area contributed by atoms with Crippen LogP contribution < -0.4 is 0 Å². The minimum absolute atomic E-state index is 0.112. The Balaban J connectivity index is 2.19. The molecule has 0 radical (unpaired) electrons. The monoisotopic (exact) mass is 412 g/mol. The molecule has 2 heterocycles. The van der Waals surface area contributed by atoms with Gasteiger partial charge < -0.3 is 54.7 Å². The highest BCUT2D eigenvalue weighted by Crippen LogP contribution is 2.29. The lowest BCUT2D eigenvalue weighted by Crippen LogP contribution is -2.65. The molecule has 2 saturated heterocycles. The molecule has 10 atom stereocenters. The molecule has 28 heavy (non-hydrogen) atoms. The first-order valence-electron chi connectivity index (χ1n) is 8.54. The van der Waals surface area contributed by atoms with Gasteiger partial charge >= 0.3 is 11.9 Å². The number of aliphatic hydroxyl groups is 5. The van der Waals surface area contributed by atoms with Gasteiger partial charge in [0.2, 0.25) is 0 Å². The molecule has 0 saturated carbocycles. The van der Waals surface area contributed by atoms with Crippen molar-refractivity contribution in [3.05, 3.63) is 0 Å². The molecule has 7 N–H and O–H groups in total. The van der Waals surface area contributed by atoms with E-state index < -0.39 is 73.4 Å². The number of rotatable bonds is 7. The predicted molar refractivity (Wildman–Crippen MR) is 83.7 cm³/mol. The van der Waals surface area contributed by atoms with E-state index in [-0.39, 0.29) is 6.61 Å². The number of hydrogen-bond acceptors (Lipinski definition) is 11. The summed E-state index contributed by atoms with van der Waals surface area (Å²) in [5, 5.41) is 68.2. The van der Waals surface area contributed by atoms with Gasteiger partial charge in [0, 0.05) is 6.61 Å². The maximum absolute atomic E-state index is 11.5. The summed E-state index contributed by atoms with van der Waals surface area (Å²) < 4.78 is 20.3. The van der Waals surface area contributed by atoms with Crippen LogP contribution in [0, 0.1) is 0 Å². The van der Waals surface area contributed by atoms with Gasteiger partial charge in [0.25, 0.3) is 0 Å². The summed E-state index contributed by atoms with van der Waals surface area (Å²) in [5.41, 5.74) is 0. The molecule has 0 aromatic heterocycles. The van der Waals surface area contributed by atoms with Crippen LogP contribution in [-0.4, -0.2) is 116 Å². The molecule has 0 bridgehead atoms. The van der Waals surface area contributed by atoms with E-state index in [0.29, 0.717) is 6.42 Å². The first kappa shape index (κ1) is 22.9. The summed E-state index contributed by atoms with van der Waals surface area (Å²) in [6, 6.07) is 0. The molecule has 0 amide bonds. The molecule has 0 aromatic rings. The molecule has 0 aromatic carbocycles. The first-order chi connectivity index (χ1) is 13.1. The smallest absolute Gasteiger partial charge is 0.335 e. The van der Waals surface area contributed by atoms with E-state index in [1.54, 1.807) is 6.92 Å². The highest BCUT2D eigenvalue weighted by molar-refractivity contribution is 5.74. The average molecular weight is 412 g/mol. The van der Waals surface area contributed by atoms with Crippen LogP contribution in [0.15, 0.2) is 0 Å². The number of ether oxygens (including phenoxy) is 4. The number of aliphatic hydroxyl groups excluding tert-OH is 5. The van der Waals surface area contributed by atoms with Gasteiger partial charge in [-0.2, -0.15) is 0 Å². The fraction of sp³-hybridized carbons (Fsp3) is 0.867. The summed E-state index contributed by atoms with van der Waals surface area (Å²) in [5.74, 6) is -3.27. The minimum Gasteiger partial charge on any atom is -0.479 e. The molecule has 13 nitrogen and oxygen atoms in total. The van der Waals surface area contributed by atoms with Crippen molar-refractivity contribution in [2.45, 2.75) is 74.8 Å². The third-order valence-electron chi connectivity index (χ3n) is 4.38. The Hall–Kier alpha value is -1.42. The first-order valence-corrected chi connectivity index (χ1v) is 8.54. The zero-order valence-electron chi connectivity index (χ0n) is 14.8. The molecule has 0 aliphatic carbocycles. The van der Waals surface area contributed by atoms with Crippen LogP contribution in [0.4, 0.5) is 0 Å². The van der Waals surface area contributed by atoms with Crippen molar-refractivity contribution in [1.29, 1.82) is 0 Å². The van der Waals surface area contributed by atoms with Gasteiger partial charge in [-0.3, -0.25) is 0 Å². The number of hydrogen-bond donors (Lipinski definition) is 7. The Kier molecular flexibility index (Phi) is 7.66. The number of aliphatic carboxylic acids is 2. The third kappa shape index (κ3) is 4.59.